The normalized spacial score (nSPS) is 19.2. The molecule has 0 radical (unpaired) electrons. The maximum Gasteiger partial charge on any atom is 0.247 e. The summed E-state index contributed by atoms with van der Waals surface area (Å²) in [5.41, 5.74) is 1.29. The van der Waals surface area contributed by atoms with Crippen molar-refractivity contribution in [2.24, 2.45) is 0 Å². The van der Waals surface area contributed by atoms with E-state index in [1.807, 2.05) is 0 Å². The van der Waals surface area contributed by atoms with Crippen molar-refractivity contribution in [2.75, 3.05) is 41.3 Å². The van der Waals surface area contributed by atoms with Crippen LogP contribution in [0, 0.1) is 0 Å². The average molecular weight is 352 g/mol. The van der Waals surface area contributed by atoms with Gasteiger partial charge in [0.25, 0.3) is 0 Å². The number of nitrogens with one attached hydrogen (secondary N) is 1. The van der Waals surface area contributed by atoms with Gasteiger partial charge in [0.1, 0.15) is 0 Å². The lowest BCUT2D eigenvalue weighted by Gasteiger charge is -2.36. The van der Waals surface area contributed by atoms with Crippen molar-refractivity contribution < 1.29 is 0 Å². The Labute approximate surface area is 155 Å². The molecule has 138 valence electrons. The van der Waals surface area contributed by atoms with E-state index in [9.17, 15) is 0 Å². The average Bonchev–Trinajstić information content (AvgIpc) is 2.98. The fourth-order valence-corrected chi connectivity index (χ4v) is 3.93. The zero-order chi connectivity index (χ0) is 17.6. The molecule has 6 heteroatoms. The topological polar surface area (TPSA) is 57.2 Å². The Morgan fingerprint density at radius 3 is 2.27 bits per heavy atom. The minimum atomic E-state index is 0.525. The summed E-state index contributed by atoms with van der Waals surface area (Å²) in [7, 11) is 0. The summed E-state index contributed by atoms with van der Waals surface area (Å²) in [5.74, 6) is 1.61. The Balaban J connectivity index is 1.36. The van der Waals surface area contributed by atoms with Crippen LogP contribution < -0.4 is 15.1 Å². The van der Waals surface area contributed by atoms with Crippen LogP contribution in [0.3, 0.4) is 0 Å². The third kappa shape index (κ3) is 4.23. The first kappa shape index (κ1) is 17.1. The fourth-order valence-electron chi connectivity index (χ4n) is 3.93. The lowest BCUT2D eigenvalue weighted by molar-refractivity contribution is 0.612. The lowest BCUT2D eigenvalue weighted by Crippen LogP contribution is -2.47. The molecule has 1 N–H and O–H groups in total. The largest absolute Gasteiger partial charge is 0.368 e. The number of benzene rings is 1. The van der Waals surface area contributed by atoms with Gasteiger partial charge in [-0.1, -0.05) is 43.9 Å². The maximum atomic E-state index is 4.74. The summed E-state index contributed by atoms with van der Waals surface area (Å²) in [6.45, 7) is 3.80. The summed E-state index contributed by atoms with van der Waals surface area (Å²) < 4.78 is 0. The molecular formula is C20H28N6. The van der Waals surface area contributed by atoms with E-state index in [1.165, 1.54) is 44.2 Å². The maximum absolute atomic E-state index is 4.74. The van der Waals surface area contributed by atoms with Gasteiger partial charge in [-0.2, -0.15) is 10.1 Å². The van der Waals surface area contributed by atoms with Gasteiger partial charge in [0, 0.05) is 37.9 Å². The first-order valence-corrected chi connectivity index (χ1v) is 9.90. The van der Waals surface area contributed by atoms with E-state index in [1.54, 1.807) is 6.20 Å². The van der Waals surface area contributed by atoms with Crippen LogP contribution in [0.2, 0.25) is 0 Å². The Kier molecular flexibility index (Phi) is 5.47. The van der Waals surface area contributed by atoms with Gasteiger partial charge in [0.2, 0.25) is 5.95 Å². The van der Waals surface area contributed by atoms with E-state index in [-0.39, 0.29) is 0 Å². The standard InChI is InChI=1S/C20H28N6/c1-2-5-9-17(8-4-1)22-19-16-21-24-20(23-19)26-14-12-25(13-15-26)18-10-6-3-7-11-18/h3,6-7,10-11,16-17H,1-2,4-5,8-9,12-15H2,(H,22,23,24). The van der Waals surface area contributed by atoms with Gasteiger partial charge < -0.3 is 15.1 Å². The quantitative estimate of drug-likeness (QED) is 0.852. The van der Waals surface area contributed by atoms with Gasteiger partial charge >= 0.3 is 0 Å². The highest BCUT2D eigenvalue weighted by molar-refractivity contribution is 5.48. The first-order valence-electron chi connectivity index (χ1n) is 9.90. The summed E-state index contributed by atoms with van der Waals surface area (Å²) in [5, 5.41) is 12.1. The van der Waals surface area contributed by atoms with Crippen LogP contribution in [0.4, 0.5) is 17.5 Å². The molecular weight excluding hydrogens is 324 g/mol. The molecule has 4 rings (SSSR count). The lowest BCUT2D eigenvalue weighted by atomic mass is 10.1. The minimum absolute atomic E-state index is 0.525. The summed E-state index contributed by atoms with van der Waals surface area (Å²) in [6.07, 6.45) is 9.56. The number of nitrogens with zero attached hydrogens (tertiary/aromatic N) is 5. The number of rotatable bonds is 4. The highest BCUT2D eigenvalue weighted by atomic mass is 15.4. The molecule has 26 heavy (non-hydrogen) atoms. The van der Waals surface area contributed by atoms with Crippen LogP contribution in [0.5, 0.6) is 0 Å². The SMILES string of the molecule is c1ccc(N2CCN(c3nncc(NC4CCCCCC4)n3)CC2)cc1. The van der Waals surface area contributed by atoms with Crippen LogP contribution in [-0.2, 0) is 0 Å². The van der Waals surface area contributed by atoms with E-state index in [0.29, 0.717) is 6.04 Å². The molecule has 1 aromatic heterocycles. The molecule has 1 saturated carbocycles. The van der Waals surface area contributed by atoms with Crippen LogP contribution >= 0.6 is 0 Å². The fraction of sp³-hybridized carbons (Fsp3) is 0.550. The zero-order valence-corrected chi connectivity index (χ0v) is 15.3. The number of anilines is 3. The second kappa shape index (κ2) is 8.34. The molecule has 2 aromatic rings. The molecule has 2 heterocycles. The first-order chi connectivity index (χ1) is 12.9. The molecule has 1 aliphatic carbocycles. The van der Waals surface area contributed by atoms with E-state index < -0.39 is 0 Å². The molecule has 0 amide bonds. The minimum Gasteiger partial charge on any atom is -0.368 e. The van der Waals surface area contributed by atoms with Gasteiger partial charge in [0.15, 0.2) is 5.82 Å². The molecule has 0 unspecified atom stereocenters. The molecule has 0 bridgehead atoms. The molecule has 1 aromatic carbocycles. The smallest absolute Gasteiger partial charge is 0.247 e. The van der Waals surface area contributed by atoms with Crippen LogP contribution in [0.15, 0.2) is 36.5 Å². The van der Waals surface area contributed by atoms with Gasteiger partial charge in [-0.25, -0.2) is 0 Å². The predicted molar refractivity (Wildman–Crippen MR) is 106 cm³/mol. The van der Waals surface area contributed by atoms with E-state index in [2.05, 4.69) is 55.6 Å². The third-order valence-electron chi connectivity index (χ3n) is 5.44. The van der Waals surface area contributed by atoms with Gasteiger partial charge in [-0.15, -0.1) is 5.10 Å². The summed E-state index contributed by atoms with van der Waals surface area (Å²) in [4.78, 5) is 9.40. The molecule has 2 fully saturated rings. The number of piperazine rings is 1. The third-order valence-corrected chi connectivity index (χ3v) is 5.44. The van der Waals surface area contributed by atoms with Crippen molar-refractivity contribution in [3.05, 3.63) is 36.5 Å². The molecule has 2 aliphatic rings. The molecule has 1 saturated heterocycles. The Morgan fingerprint density at radius 1 is 0.846 bits per heavy atom. The highest BCUT2D eigenvalue weighted by Crippen LogP contribution is 2.21. The van der Waals surface area contributed by atoms with Crippen molar-refractivity contribution in [1.29, 1.82) is 0 Å². The van der Waals surface area contributed by atoms with Gasteiger partial charge in [-0.05, 0) is 25.0 Å². The number of para-hydroxylation sites is 1. The Bertz CT molecular complexity index is 676. The van der Waals surface area contributed by atoms with E-state index >= 15 is 0 Å². The molecule has 6 nitrogen and oxygen atoms in total. The van der Waals surface area contributed by atoms with Crippen LogP contribution in [0.1, 0.15) is 38.5 Å². The zero-order valence-electron chi connectivity index (χ0n) is 15.3. The monoisotopic (exact) mass is 352 g/mol. The van der Waals surface area contributed by atoms with Crippen molar-refractivity contribution in [1.82, 2.24) is 15.2 Å². The Hall–Kier alpha value is -2.37. The second-order valence-electron chi connectivity index (χ2n) is 7.28. The number of hydrogen-bond donors (Lipinski definition) is 1. The summed E-state index contributed by atoms with van der Waals surface area (Å²) in [6, 6.07) is 11.1. The van der Waals surface area contributed by atoms with Crippen molar-refractivity contribution in [3.63, 3.8) is 0 Å². The highest BCUT2D eigenvalue weighted by Gasteiger charge is 2.20. The molecule has 1 aliphatic heterocycles. The van der Waals surface area contributed by atoms with Crippen LogP contribution in [0.25, 0.3) is 0 Å². The summed E-state index contributed by atoms with van der Waals surface area (Å²) >= 11 is 0. The second-order valence-corrected chi connectivity index (χ2v) is 7.28. The Morgan fingerprint density at radius 2 is 1.54 bits per heavy atom. The van der Waals surface area contributed by atoms with Gasteiger partial charge in [0.05, 0.1) is 6.20 Å². The van der Waals surface area contributed by atoms with Crippen molar-refractivity contribution in [2.45, 2.75) is 44.6 Å². The van der Waals surface area contributed by atoms with Gasteiger partial charge in [-0.3, -0.25) is 0 Å². The molecule has 0 spiro atoms. The molecule has 0 atom stereocenters. The van der Waals surface area contributed by atoms with Crippen molar-refractivity contribution >= 4 is 17.5 Å². The number of hydrogen-bond acceptors (Lipinski definition) is 6. The van der Waals surface area contributed by atoms with E-state index in [0.717, 1.165) is 37.9 Å². The van der Waals surface area contributed by atoms with Crippen LogP contribution in [-0.4, -0.2) is 47.4 Å². The van der Waals surface area contributed by atoms with Crippen molar-refractivity contribution in [3.8, 4) is 0 Å². The predicted octanol–water partition coefficient (Wildman–Crippen LogP) is 3.33. The number of aromatic nitrogens is 3. The van der Waals surface area contributed by atoms with E-state index in [4.69, 9.17) is 4.98 Å².